The molecular weight excluding hydrogens is 483 g/mol. The fraction of sp³-hybridized carbons (Fsp3) is 0.148. The van der Waals surface area contributed by atoms with E-state index >= 15 is 0 Å². The first-order valence-electron chi connectivity index (χ1n) is 11.2. The topological polar surface area (TPSA) is 89.0 Å². The summed E-state index contributed by atoms with van der Waals surface area (Å²) in [5, 5.41) is 11.5. The molecule has 2 heterocycles. The van der Waals surface area contributed by atoms with Crippen LogP contribution < -0.4 is 14.4 Å². The largest absolute Gasteiger partial charge is 0.507 e. The van der Waals surface area contributed by atoms with Crippen LogP contribution >= 0.6 is 11.3 Å². The predicted molar refractivity (Wildman–Crippen MR) is 135 cm³/mol. The van der Waals surface area contributed by atoms with Crippen molar-refractivity contribution in [1.29, 1.82) is 0 Å². The number of ether oxygens (including phenoxy) is 2. The molecule has 0 radical (unpaired) electrons. The standard InChI is InChI=1S/C27H21FN2O5S/c1-3-35-19-12-13-20-21(14-19)36-27(29-20)30-23(15-4-8-17(28)9-5-15)22(25(32)26(30)33)24(31)16-6-10-18(34-2)11-7-16/h4-14,23,31H,3H2,1-2H3/b24-22+/t23-/m0/s1. The summed E-state index contributed by atoms with van der Waals surface area (Å²) in [7, 11) is 1.52. The second kappa shape index (κ2) is 9.43. The lowest BCUT2D eigenvalue weighted by molar-refractivity contribution is -0.132. The summed E-state index contributed by atoms with van der Waals surface area (Å²) in [6, 6.07) is 16.3. The van der Waals surface area contributed by atoms with Crippen LogP contribution in [0, 0.1) is 5.82 Å². The van der Waals surface area contributed by atoms with Gasteiger partial charge in [0.2, 0.25) is 0 Å². The van der Waals surface area contributed by atoms with E-state index in [0.29, 0.717) is 34.7 Å². The lowest BCUT2D eigenvalue weighted by Crippen LogP contribution is -2.29. The molecule has 0 spiro atoms. The first-order chi connectivity index (χ1) is 17.4. The molecule has 1 N–H and O–H groups in total. The smallest absolute Gasteiger partial charge is 0.301 e. The van der Waals surface area contributed by atoms with Crippen LogP contribution in [0.15, 0.2) is 72.3 Å². The number of methoxy groups -OCH3 is 1. The normalized spacial score (nSPS) is 17.1. The van der Waals surface area contributed by atoms with Crippen molar-refractivity contribution in [3.8, 4) is 11.5 Å². The number of hydrogen-bond donors (Lipinski definition) is 1. The van der Waals surface area contributed by atoms with Gasteiger partial charge in [0, 0.05) is 5.56 Å². The van der Waals surface area contributed by atoms with Crippen molar-refractivity contribution < 1.29 is 28.6 Å². The molecule has 1 aliphatic rings. The highest BCUT2D eigenvalue weighted by molar-refractivity contribution is 7.22. The van der Waals surface area contributed by atoms with E-state index in [1.54, 1.807) is 36.4 Å². The summed E-state index contributed by atoms with van der Waals surface area (Å²) in [4.78, 5) is 32.5. The number of amides is 1. The van der Waals surface area contributed by atoms with Crippen molar-refractivity contribution in [2.24, 2.45) is 0 Å². The van der Waals surface area contributed by atoms with Crippen molar-refractivity contribution in [1.82, 2.24) is 4.98 Å². The Hall–Kier alpha value is -4.24. The Labute approximate surface area is 210 Å². The quantitative estimate of drug-likeness (QED) is 0.213. The Kier molecular flexibility index (Phi) is 6.15. The van der Waals surface area contributed by atoms with Crippen LogP contribution in [0.3, 0.4) is 0 Å². The van der Waals surface area contributed by atoms with Gasteiger partial charge in [0.15, 0.2) is 5.13 Å². The molecule has 7 nitrogen and oxygen atoms in total. The minimum Gasteiger partial charge on any atom is -0.507 e. The first-order valence-corrected chi connectivity index (χ1v) is 12.0. The van der Waals surface area contributed by atoms with Crippen LogP contribution in [-0.4, -0.2) is 35.5 Å². The highest BCUT2D eigenvalue weighted by Gasteiger charge is 2.48. The van der Waals surface area contributed by atoms with Crippen LogP contribution in [0.4, 0.5) is 9.52 Å². The van der Waals surface area contributed by atoms with Crippen LogP contribution in [0.5, 0.6) is 11.5 Å². The predicted octanol–water partition coefficient (Wildman–Crippen LogP) is 5.47. The van der Waals surface area contributed by atoms with Crippen LogP contribution in [0.25, 0.3) is 16.0 Å². The van der Waals surface area contributed by atoms with E-state index in [-0.39, 0.29) is 16.5 Å². The molecular formula is C27H21FN2O5S. The summed E-state index contributed by atoms with van der Waals surface area (Å²) in [6.07, 6.45) is 0. The molecule has 1 fully saturated rings. The molecule has 4 aromatic rings. The second-order valence-electron chi connectivity index (χ2n) is 8.01. The van der Waals surface area contributed by atoms with Crippen LogP contribution in [-0.2, 0) is 9.59 Å². The molecule has 1 aliphatic heterocycles. The van der Waals surface area contributed by atoms with Gasteiger partial charge >= 0.3 is 5.91 Å². The Morgan fingerprint density at radius 1 is 1.06 bits per heavy atom. The van der Waals surface area contributed by atoms with Gasteiger partial charge in [-0.15, -0.1) is 0 Å². The third-order valence-corrected chi connectivity index (χ3v) is 6.88. The number of aliphatic hydroxyl groups is 1. The maximum Gasteiger partial charge on any atom is 0.301 e. The SMILES string of the molecule is CCOc1ccc2nc(N3C(=O)C(=O)/C(=C(/O)c4ccc(OC)cc4)[C@@H]3c3ccc(F)cc3)sc2c1. The zero-order valence-electron chi connectivity index (χ0n) is 19.4. The summed E-state index contributed by atoms with van der Waals surface area (Å²) < 4.78 is 25.2. The van der Waals surface area contributed by atoms with Gasteiger partial charge in [-0.3, -0.25) is 14.5 Å². The fourth-order valence-electron chi connectivity index (χ4n) is 4.15. The maximum atomic E-state index is 13.7. The molecule has 182 valence electrons. The van der Waals surface area contributed by atoms with Gasteiger partial charge in [-0.25, -0.2) is 9.37 Å². The van der Waals surface area contributed by atoms with E-state index in [1.165, 1.54) is 47.6 Å². The van der Waals surface area contributed by atoms with Gasteiger partial charge in [-0.1, -0.05) is 23.5 Å². The van der Waals surface area contributed by atoms with Crippen molar-refractivity contribution in [2.45, 2.75) is 13.0 Å². The third-order valence-electron chi connectivity index (χ3n) is 5.86. The summed E-state index contributed by atoms with van der Waals surface area (Å²) in [6.45, 7) is 2.38. The zero-order chi connectivity index (χ0) is 25.4. The Morgan fingerprint density at radius 3 is 2.42 bits per heavy atom. The molecule has 9 heteroatoms. The number of aliphatic hydroxyl groups excluding tert-OH is 1. The average molecular weight is 505 g/mol. The number of ketones is 1. The number of thiazole rings is 1. The number of nitrogens with zero attached hydrogens (tertiary/aromatic N) is 2. The van der Waals surface area contributed by atoms with E-state index in [1.807, 2.05) is 13.0 Å². The number of benzene rings is 3. The molecule has 1 aromatic heterocycles. The zero-order valence-corrected chi connectivity index (χ0v) is 20.2. The molecule has 1 saturated heterocycles. The van der Waals surface area contributed by atoms with Gasteiger partial charge in [-0.2, -0.15) is 0 Å². The average Bonchev–Trinajstić information content (AvgIpc) is 3.42. The number of aromatic nitrogens is 1. The molecule has 36 heavy (non-hydrogen) atoms. The summed E-state index contributed by atoms with van der Waals surface area (Å²) in [5.74, 6) is -1.25. The Balaban J connectivity index is 1.67. The Bertz CT molecular complexity index is 1500. The Morgan fingerprint density at radius 2 is 1.75 bits per heavy atom. The fourth-order valence-corrected chi connectivity index (χ4v) is 5.17. The highest BCUT2D eigenvalue weighted by Crippen LogP contribution is 2.44. The number of anilines is 1. The van der Waals surface area contributed by atoms with Gasteiger partial charge in [-0.05, 0) is 67.1 Å². The molecule has 1 atom stereocenters. The number of rotatable bonds is 6. The number of carbonyl (C=O) groups excluding carboxylic acids is 2. The van der Waals surface area contributed by atoms with Gasteiger partial charge in [0.1, 0.15) is 23.1 Å². The van der Waals surface area contributed by atoms with Crippen molar-refractivity contribution >= 4 is 44.1 Å². The molecule has 0 bridgehead atoms. The molecule has 1 amide bonds. The van der Waals surface area contributed by atoms with Gasteiger partial charge in [0.05, 0.1) is 35.5 Å². The lowest BCUT2D eigenvalue weighted by atomic mass is 9.95. The number of carbonyl (C=O) groups is 2. The molecule has 0 unspecified atom stereocenters. The monoisotopic (exact) mass is 504 g/mol. The summed E-state index contributed by atoms with van der Waals surface area (Å²) >= 11 is 1.22. The van der Waals surface area contributed by atoms with E-state index in [2.05, 4.69) is 4.98 Å². The van der Waals surface area contributed by atoms with Crippen molar-refractivity contribution in [3.63, 3.8) is 0 Å². The number of fused-ring (bicyclic) bond motifs is 1. The molecule has 3 aromatic carbocycles. The molecule has 0 aliphatic carbocycles. The summed E-state index contributed by atoms with van der Waals surface area (Å²) in [5.41, 5.74) is 1.32. The van der Waals surface area contributed by atoms with Crippen LogP contribution in [0.1, 0.15) is 24.1 Å². The van der Waals surface area contributed by atoms with Crippen molar-refractivity contribution in [3.05, 3.63) is 89.2 Å². The van der Waals surface area contributed by atoms with E-state index < -0.39 is 23.5 Å². The van der Waals surface area contributed by atoms with Crippen LogP contribution in [0.2, 0.25) is 0 Å². The van der Waals surface area contributed by atoms with E-state index in [0.717, 1.165) is 4.70 Å². The lowest BCUT2D eigenvalue weighted by Gasteiger charge is -2.23. The number of Topliss-reactive ketones (excluding diaryl/α,β-unsaturated/α-hetero) is 1. The maximum absolute atomic E-state index is 13.7. The first kappa shape index (κ1) is 23.5. The molecule has 0 saturated carbocycles. The minimum atomic E-state index is -1.00. The van der Waals surface area contributed by atoms with E-state index in [9.17, 15) is 19.1 Å². The van der Waals surface area contributed by atoms with E-state index in [4.69, 9.17) is 9.47 Å². The minimum absolute atomic E-state index is 0.106. The third kappa shape index (κ3) is 4.07. The van der Waals surface area contributed by atoms with Crippen molar-refractivity contribution in [2.75, 3.05) is 18.6 Å². The number of hydrogen-bond acceptors (Lipinski definition) is 7. The second-order valence-corrected chi connectivity index (χ2v) is 9.02. The number of halogens is 1. The highest BCUT2D eigenvalue weighted by atomic mass is 32.1. The van der Waals surface area contributed by atoms with Gasteiger partial charge < -0.3 is 14.6 Å². The molecule has 5 rings (SSSR count). The van der Waals surface area contributed by atoms with Gasteiger partial charge in [0.25, 0.3) is 5.78 Å².